The molecule has 238 valence electrons. The van der Waals surface area contributed by atoms with Crippen LogP contribution in [0.3, 0.4) is 0 Å². The molecule has 0 amide bonds. The van der Waals surface area contributed by atoms with Crippen molar-refractivity contribution in [1.82, 2.24) is 9.80 Å². The Labute approximate surface area is 254 Å². The molecule has 0 aromatic rings. The summed E-state index contributed by atoms with van der Waals surface area (Å²) in [6, 6.07) is 0. The summed E-state index contributed by atoms with van der Waals surface area (Å²) in [4.78, 5) is 5.08. The van der Waals surface area contributed by atoms with E-state index in [4.69, 9.17) is 0 Å². The van der Waals surface area contributed by atoms with Crippen molar-refractivity contribution in [2.45, 2.75) is 219 Å². The molecule has 0 bridgehead atoms. The van der Waals surface area contributed by atoms with Crippen LogP contribution in [0, 0.1) is 0 Å². The minimum absolute atomic E-state index is 0.619. The fourth-order valence-electron chi connectivity index (χ4n) is 6.58. The van der Waals surface area contributed by atoms with Gasteiger partial charge in [-0.1, -0.05) is 194 Å². The molecule has 0 saturated carbocycles. The Balaban J connectivity index is 1.85. The summed E-state index contributed by atoms with van der Waals surface area (Å²) in [5.41, 5.74) is 0. The van der Waals surface area contributed by atoms with Gasteiger partial charge in [0.1, 0.15) is 6.17 Å². The molecule has 0 aromatic carbocycles. The van der Waals surface area contributed by atoms with Gasteiger partial charge in [0.05, 0.1) is 0 Å². The van der Waals surface area contributed by atoms with Crippen LogP contribution in [0.2, 0.25) is 0 Å². The molecular weight excluding hydrogens is 484 g/mol. The van der Waals surface area contributed by atoms with E-state index in [-0.39, 0.29) is 0 Å². The fraction of sp³-hybridized carbons (Fsp3) is 0.947. The minimum atomic E-state index is 0.619. The molecule has 40 heavy (non-hydrogen) atoms. The summed E-state index contributed by atoms with van der Waals surface area (Å²) in [6.45, 7) is 5.87. The van der Waals surface area contributed by atoms with E-state index in [1.54, 1.807) is 0 Å². The summed E-state index contributed by atoms with van der Waals surface area (Å²) >= 11 is 0. The first-order chi connectivity index (χ1) is 19.8. The lowest BCUT2D eigenvalue weighted by molar-refractivity contribution is 0.159. The van der Waals surface area contributed by atoms with Crippen LogP contribution in [0.4, 0.5) is 0 Å². The van der Waals surface area contributed by atoms with Crippen LogP contribution in [-0.2, 0) is 0 Å². The first-order valence-electron chi connectivity index (χ1n) is 19.0. The summed E-state index contributed by atoms with van der Waals surface area (Å²) in [6.07, 6.45) is 50.1. The standard InChI is InChI=1S/C38H76N2/c1-4-6-8-10-12-14-16-18-19-20-21-23-25-27-29-31-33-35-40-37-36-39(3)38(40)34-32-30-28-26-24-22-17-15-13-11-9-7-5-2/h36-38H,4-35H2,1-3H3. The average molecular weight is 561 g/mol. The number of rotatable bonds is 32. The van der Waals surface area contributed by atoms with E-state index in [0.29, 0.717) is 6.17 Å². The van der Waals surface area contributed by atoms with Gasteiger partial charge in [-0.3, -0.25) is 0 Å². The lowest BCUT2D eigenvalue weighted by Crippen LogP contribution is -2.37. The number of hydrogen-bond donors (Lipinski definition) is 0. The van der Waals surface area contributed by atoms with Crippen LogP contribution in [-0.4, -0.2) is 29.6 Å². The van der Waals surface area contributed by atoms with Crippen LogP contribution in [0.1, 0.15) is 213 Å². The fourth-order valence-corrected chi connectivity index (χ4v) is 6.58. The zero-order chi connectivity index (χ0) is 28.8. The van der Waals surface area contributed by atoms with Gasteiger partial charge in [-0.25, -0.2) is 0 Å². The van der Waals surface area contributed by atoms with E-state index in [1.165, 1.54) is 206 Å². The van der Waals surface area contributed by atoms with E-state index in [0.717, 1.165) is 0 Å². The Morgan fingerprint density at radius 1 is 0.375 bits per heavy atom. The van der Waals surface area contributed by atoms with Gasteiger partial charge in [0, 0.05) is 26.0 Å². The smallest absolute Gasteiger partial charge is 0.100 e. The third-order valence-electron chi connectivity index (χ3n) is 9.43. The van der Waals surface area contributed by atoms with Crippen LogP contribution in [0.15, 0.2) is 12.4 Å². The highest BCUT2D eigenvalue weighted by Crippen LogP contribution is 2.22. The maximum Gasteiger partial charge on any atom is 0.100 e. The highest BCUT2D eigenvalue weighted by molar-refractivity contribution is 4.95. The highest BCUT2D eigenvalue weighted by atomic mass is 15.4. The van der Waals surface area contributed by atoms with Crippen molar-refractivity contribution in [2.24, 2.45) is 0 Å². The van der Waals surface area contributed by atoms with Crippen molar-refractivity contribution in [1.29, 1.82) is 0 Å². The van der Waals surface area contributed by atoms with Gasteiger partial charge in [0.2, 0.25) is 0 Å². The Bertz CT molecular complexity index is 516. The van der Waals surface area contributed by atoms with E-state index in [9.17, 15) is 0 Å². The largest absolute Gasteiger partial charge is 0.359 e. The second-order valence-electron chi connectivity index (χ2n) is 13.4. The molecule has 2 heteroatoms. The lowest BCUT2D eigenvalue weighted by Gasteiger charge is -2.30. The molecule has 1 aliphatic heterocycles. The van der Waals surface area contributed by atoms with Crippen molar-refractivity contribution in [3.05, 3.63) is 12.4 Å². The average Bonchev–Trinajstić information content (AvgIpc) is 3.31. The maximum atomic E-state index is 2.63. The van der Waals surface area contributed by atoms with Gasteiger partial charge < -0.3 is 9.80 Å². The second-order valence-corrected chi connectivity index (χ2v) is 13.4. The molecule has 1 rings (SSSR count). The molecule has 0 aliphatic carbocycles. The number of unbranched alkanes of at least 4 members (excludes halogenated alkanes) is 28. The van der Waals surface area contributed by atoms with Crippen LogP contribution >= 0.6 is 0 Å². The van der Waals surface area contributed by atoms with Crippen LogP contribution < -0.4 is 0 Å². The van der Waals surface area contributed by atoms with Gasteiger partial charge in [0.15, 0.2) is 0 Å². The van der Waals surface area contributed by atoms with E-state index >= 15 is 0 Å². The van der Waals surface area contributed by atoms with Gasteiger partial charge >= 0.3 is 0 Å². The Kier molecular flexibility index (Phi) is 27.9. The first-order valence-corrected chi connectivity index (χ1v) is 19.0. The monoisotopic (exact) mass is 561 g/mol. The second kappa shape index (κ2) is 29.8. The van der Waals surface area contributed by atoms with Crippen molar-refractivity contribution < 1.29 is 0 Å². The lowest BCUT2D eigenvalue weighted by atomic mass is 10.0. The van der Waals surface area contributed by atoms with Gasteiger partial charge in [0.25, 0.3) is 0 Å². The molecule has 0 fully saturated rings. The van der Waals surface area contributed by atoms with Crippen LogP contribution in [0.25, 0.3) is 0 Å². The van der Waals surface area contributed by atoms with Gasteiger partial charge in [-0.2, -0.15) is 0 Å². The first kappa shape index (κ1) is 37.4. The molecule has 0 spiro atoms. The highest BCUT2D eigenvalue weighted by Gasteiger charge is 2.22. The predicted molar refractivity (Wildman–Crippen MR) is 182 cm³/mol. The summed E-state index contributed by atoms with van der Waals surface area (Å²) in [7, 11) is 2.28. The SMILES string of the molecule is CCCCCCCCCCCCCCCCCCCN1C=CN(C)C1CCCCCCCCCCCCCCC. The summed E-state index contributed by atoms with van der Waals surface area (Å²) < 4.78 is 0. The zero-order valence-corrected chi connectivity index (χ0v) is 28.3. The van der Waals surface area contributed by atoms with Crippen molar-refractivity contribution in [2.75, 3.05) is 13.6 Å². The molecule has 1 atom stereocenters. The minimum Gasteiger partial charge on any atom is -0.359 e. The number of hydrogen-bond acceptors (Lipinski definition) is 2. The van der Waals surface area contributed by atoms with E-state index in [1.807, 2.05) is 0 Å². The van der Waals surface area contributed by atoms with E-state index < -0.39 is 0 Å². The van der Waals surface area contributed by atoms with Gasteiger partial charge in [-0.05, 0) is 19.3 Å². The van der Waals surface area contributed by atoms with E-state index in [2.05, 4.69) is 43.1 Å². The predicted octanol–water partition coefficient (Wildman–Crippen LogP) is 13.2. The molecule has 1 unspecified atom stereocenters. The van der Waals surface area contributed by atoms with Crippen LogP contribution in [0.5, 0.6) is 0 Å². The topological polar surface area (TPSA) is 6.48 Å². The summed E-state index contributed by atoms with van der Waals surface area (Å²) in [5.74, 6) is 0. The Hall–Kier alpha value is -0.660. The molecule has 0 radical (unpaired) electrons. The molecule has 2 nitrogen and oxygen atoms in total. The number of nitrogens with zero attached hydrogens (tertiary/aromatic N) is 2. The third kappa shape index (κ3) is 23.0. The summed E-state index contributed by atoms with van der Waals surface area (Å²) in [5, 5.41) is 0. The molecule has 0 aromatic heterocycles. The third-order valence-corrected chi connectivity index (χ3v) is 9.43. The molecule has 1 heterocycles. The van der Waals surface area contributed by atoms with Crippen molar-refractivity contribution >= 4 is 0 Å². The van der Waals surface area contributed by atoms with Gasteiger partial charge in [-0.15, -0.1) is 0 Å². The molecule has 1 aliphatic rings. The zero-order valence-electron chi connectivity index (χ0n) is 28.3. The molecule has 0 saturated heterocycles. The maximum absolute atomic E-state index is 2.63. The quantitative estimate of drug-likeness (QED) is 0.0755. The molecular formula is C38H76N2. The molecule has 0 N–H and O–H groups in total. The normalized spacial score (nSPS) is 15.1. The Morgan fingerprint density at radius 3 is 1.02 bits per heavy atom. The Morgan fingerprint density at radius 2 is 0.675 bits per heavy atom. The van der Waals surface area contributed by atoms with Crippen molar-refractivity contribution in [3.8, 4) is 0 Å². The van der Waals surface area contributed by atoms with Crippen molar-refractivity contribution in [3.63, 3.8) is 0 Å².